The zero-order valence-corrected chi connectivity index (χ0v) is 12.5. The lowest BCUT2D eigenvalue weighted by Gasteiger charge is -2.16. The average Bonchev–Trinajstić information content (AvgIpc) is 2.31. The van der Waals surface area contributed by atoms with Gasteiger partial charge < -0.3 is 4.74 Å². The van der Waals surface area contributed by atoms with Crippen LogP contribution in [0.1, 0.15) is 28.2 Å². The highest BCUT2D eigenvalue weighted by atomic mass is 16.5. The maximum atomic E-state index is 5.61. The van der Waals surface area contributed by atoms with E-state index in [4.69, 9.17) is 4.74 Å². The lowest BCUT2D eigenvalue weighted by atomic mass is 9.96. The highest BCUT2D eigenvalue weighted by Crippen LogP contribution is 2.36. The second kappa shape index (κ2) is 5.00. The minimum absolute atomic E-state index is 0.787. The number of nitrogens with zero attached hydrogens (tertiary/aromatic N) is 2. The van der Waals surface area contributed by atoms with Crippen LogP contribution in [-0.4, -0.2) is 17.1 Å². The first-order valence-corrected chi connectivity index (χ1v) is 6.41. The highest BCUT2D eigenvalue weighted by molar-refractivity contribution is 5.74. The summed E-state index contributed by atoms with van der Waals surface area (Å²) in [6.07, 6.45) is 0. The van der Waals surface area contributed by atoms with Crippen LogP contribution in [0.5, 0.6) is 5.75 Å². The fraction of sp³-hybridized carbons (Fsp3) is 0.375. The summed E-state index contributed by atoms with van der Waals surface area (Å²) in [6.45, 7) is 10.2. The van der Waals surface area contributed by atoms with E-state index in [2.05, 4.69) is 36.8 Å². The van der Waals surface area contributed by atoms with Crippen LogP contribution in [-0.2, 0) is 0 Å². The molecular weight excluding hydrogens is 236 g/mol. The van der Waals surface area contributed by atoms with Crippen LogP contribution >= 0.6 is 0 Å². The molecule has 0 bridgehead atoms. The number of benzene rings is 1. The van der Waals surface area contributed by atoms with E-state index >= 15 is 0 Å². The van der Waals surface area contributed by atoms with Crippen molar-refractivity contribution in [1.82, 2.24) is 9.97 Å². The Morgan fingerprint density at radius 1 is 0.895 bits per heavy atom. The van der Waals surface area contributed by atoms with E-state index in [0.717, 1.165) is 34.1 Å². The van der Waals surface area contributed by atoms with Crippen LogP contribution in [0.2, 0.25) is 0 Å². The molecule has 0 saturated heterocycles. The van der Waals surface area contributed by atoms with E-state index < -0.39 is 0 Å². The molecule has 1 heterocycles. The molecule has 100 valence electrons. The molecule has 0 radical (unpaired) electrons. The van der Waals surface area contributed by atoms with Crippen LogP contribution in [0.25, 0.3) is 11.3 Å². The number of methoxy groups -OCH3 is 1. The normalized spacial score (nSPS) is 10.6. The maximum absolute atomic E-state index is 5.61. The largest absolute Gasteiger partial charge is 0.496 e. The molecule has 0 atom stereocenters. The van der Waals surface area contributed by atoms with E-state index in [1.807, 2.05) is 19.9 Å². The van der Waals surface area contributed by atoms with Crippen molar-refractivity contribution >= 4 is 0 Å². The molecule has 0 aliphatic rings. The van der Waals surface area contributed by atoms with Gasteiger partial charge in [-0.05, 0) is 57.4 Å². The van der Waals surface area contributed by atoms with Gasteiger partial charge in [-0.25, -0.2) is 9.97 Å². The van der Waals surface area contributed by atoms with Crippen LogP contribution in [0.15, 0.2) is 12.1 Å². The number of hydrogen-bond donors (Lipinski definition) is 0. The molecule has 19 heavy (non-hydrogen) atoms. The fourth-order valence-corrected chi connectivity index (χ4v) is 2.47. The van der Waals surface area contributed by atoms with Gasteiger partial charge in [0.1, 0.15) is 11.6 Å². The van der Waals surface area contributed by atoms with Crippen LogP contribution in [0, 0.1) is 34.6 Å². The molecule has 3 nitrogen and oxygen atoms in total. The lowest BCUT2D eigenvalue weighted by molar-refractivity contribution is 0.412. The van der Waals surface area contributed by atoms with Crippen molar-refractivity contribution in [3.8, 4) is 17.0 Å². The first kappa shape index (κ1) is 13.5. The average molecular weight is 256 g/mol. The SMILES string of the molecule is COc1c(C)c(C)cc(C)c1-c1cc(C)nc(C)n1. The fourth-order valence-electron chi connectivity index (χ4n) is 2.47. The molecule has 0 N–H and O–H groups in total. The number of ether oxygens (including phenoxy) is 1. The molecule has 0 aliphatic heterocycles. The summed E-state index contributed by atoms with van der Waals surface area (Å²) in [5, 5.41) is 0. The molecule has 1 aromatic carbocycles. The van der Waals surface area contributed by atoms with Crippen LogP contribution in [0.3, 0.4) is 0 Å². The van der Waals surface area contributed by atoms with Crippen molar-refractivity contribution in [2.45, 2.75) is 34.6 Å². The Kier molecular flexibility index (Phi) is 3.56. The monoisotopic (exact) mass is 256 g/mol. The van der Waals surface area contributed by atoms with Gasteiger partial charge in [-0.1, -0.05) is 6.07 Å². The smallest absolute Gasteiger partial charge is 0.131 e. The third kappa shape index (κ3) is 2.46. The van der Waals surface area contributed by atoms with Crippen molar-refractivity contribution in [2.75, 3.05) is 7.11 Å². The zero-order valence-electron chi connectivity index (χ0n) is 12.5. The number of aryl methyl sites for hydroxylation is 4. The maximum Gasteiger partial charge on any atom is 0.131 e. The number of hydrogen-bond acceptors (Lipinski definition) is 3. The zero-order chi connectivity index (χ0) is 14.2. The topological polar surface area (TPSA) is 35.0 Å². The van der Waals surface area contributed by atoms with Gasteiger partial charge >= 0.3 is 0 Å². The van der Waals surface area contributed by atoms with Gasteiger partial charge in [0.15, 0.2) is 0 Å². The molecule has 0 unspecified atom stereocenters. The van der Waals surface area contributed by atoms with E-state index in [1.165, 1.54) is 11.1 Å². The molecule has 0 amide bonds. The minimum atomic E-state index is 0.787. The van der Waals surface area contributed by atoms with E-state index in [-0.39, 0.29) is 0 Å². The molecule has 2 aromatic rings. The minimum Gasteiger partial charge on any atom is -0.496 e. The summed E-state index contributed by atoms with van der Waals surface area (Å²) in [6, 6.07) is 4.19. The third-order valence-electron chi connectivity index (χ3n) is 3.41. The Hall–Kier alpha value is -1.90. The van der Waals surface area contributed by atoms with E-state index in [0.29, 0.717) is 0 Å². The number of rotatable bonds is 2. The van der Waals surface area contributed by atoms with Crippen molar-refractivity contribution in [2.24, 2.45) is 0 Å². The Labute approximate surface area is 114 Å². The molecular formula is C16H20N2O. The second-order valence-electron chi connectivity index (χ2n) is 4.99. The standard InChI is InChI=1S/C16H20N2O/c1-9-7-10(2)15(16(19-6)12(9)4)14-8-11(3)17-13(5)18-14/h7-8H,1-6H3. The van der Waals surface area contributed by atoms with Crippen molar-refractivity contribution in [1.29, 1.82) is 0 Å². The Morgan fingerprint density at radius 3 is 2.16 bits per heavy atom. The van der Waals surface area contributed by atoms with Crippen molar-refractivity contribution < 1.29 is 4.74 Å². The third-order valence-corrected chi connectivity index (χ3v) is 3.41. The second-order valence-corrected chi connectivity index (χ2v) is 4.99. The molecule has 0 fully saturated rings. The first-order valence-electron chi connectivity index (χ1n) is 6.41. The van der Waals surface area contributed by atoms with Crippen molar-refractivity contribution in [3.05, 3.63) is 40.3 Å². The summed E-state index contributed by atoms with van der Waals surface area (Å²) in [5.41, 5.74) is 6.55. The lowest BCUT2D eigenvalue weighted by Crippen LogP contribution is -2.00. The quantitative estimate of drug-likeness (QED) is 0.822. The van der Waals surface area contributed by atoms with Crippen LogP contribution < -0.4 is 4.74 Å². The van der Waals surface area contributed by atoms with Gasteiger partial charge in [-0.3, -0.25) is 0 Å². The van der Waals surface area contributed by atoms with Gasteiger partial charge in [0.2, 0.25) is 0 Å². The van der Waals surface area contributed by atoms with Gasteiger partial charge in [-0.2, -0.15) is 0 Å². The molecule has 1 aromatic heterocycles. The van der Waals surface area contributed by atoms with Gasteiger partial charge in [0, 0.05) is 11.3 Å². The molecule has 0 saturated carbocycles. The predicted molar refractivity (Wildman–Crippen MR) is 77.7 cm³/mol. The Balaban J connectivity index is 2.77. The van der Waals surface area contributed by atoms with E-state index in [1.54, 1.807) is 7.11 Å². The summed E-state index contributed by atoms with van der Waals surface area (Å²) < 4.78 is 5.61. The summed E-state index contributed by atoms with van der Waals surface area (Å²) >= 11 is 0. The van der Waals surface area contributed by atoms with Crippen LogP contribution in [0.4, 0.5) is 0 Å². The van der Waals surface area contributed by atoms with Gasteiger partial charge in [0.05, 0.1) is 12.8 Å². The van der Waals surface area contributed by atoms with Gasteiger partial charge in [-0.15, -0.1) is 0 Å². The molecule has 3 heteroatoms. The predicted octanol–water partition coefficient (Wildman–Crippen LogP) is 3.69. The first-order chi connectivity index (χ1) is 8.93. The van der Waals surface area contributed by atoms with Gasteiger partial charge in [0.25, 0.3) is 0 Å². The molecule has 0 spiro atoms. The van der Waals surface area contributed by atoms with Crippen molar-refractivity contribution in [3.63, 3.8) is 0 Å². The summed E-state index contributed by atoms with van der Waals surface area (Å²) in [5.74, 6) is 1.70. The molecule has 2 rings (SSSR count). The highest BCUT2D eigenvalue weighted by Gasteiger charge is 2.16. The summed E-state index contributed by atoms with van der Waals surface area (Å²) in [4.78, 5) is 8.89. The van der Waals surface area contributed by atoms with E-state index in [9.17, 15) is 0 Å². The Bertz CT molecular complexity index is 613. The number of aromatic nitrogens is 2. The molecule has 0 aliphatic carbocycles. The Morgan fingerprint density at radius 2 is 1.58 bits per heavy atom. The summed E-state index contributed by atoms with van der Waals surface area (Å²) in [7, 11) is 1.71.